The zero-order chi connectivity index (χ0) is 16.8. The van der Waals surface area contributed by atoms with Crippen LogP contribution in [-0.2, 0) is 14.8 Å². The van der Waals surface area contributed by atoms with E-state index in [9.17, 15) is 13.2 Å². The van der Waals surface area contributed by atoms with Crippen molar-refractivity contribution in [2.45, 2.75) is 18.2 Å². The highest BCUT2D eigenvalue weighted by atomic mass is 32.2. The molecule has 0 saturated heterocycles. The van der Waals surface area contributed by atoms with E-state index in [1.54, 1.807) is 24.3 Å². The Bertz CT molecular complexity index is 583. The number of hydrogen-bond donors (Lipinski definition) is 1. The lowest BCUT2D eigenvalue weighted by Crippen LogP contribution is -2.39. The summed E-state index contributed by atoms with van der Waals surface area (Å²) < 4.78 is 25.7. The van der Waals surface area contributed by atoms with Crippen LogP contribution in [0.4, 0.5) is 0 Å². The summed E-state index contributed by atoms with van der Waals surface area (Å²) in [5.74, 6) is -0.294. The van der Waals surface area contributed by atoms with Crippen molar-refractivity contribution in [1.29, 1.82) is 0 Å². The summed E-state index contributed by atoms with van der Waals surface area (Å²) in [6.07, 6.45) is 0.827. The van der Waals surface area contributed by atoms with Crippen molar-refractivity contribution in [2.24, 2.45) is 0 Å². The molecule has 1 aromatic carbocycles. The second-order valence-corrected chi connectivity index (χ2v) is 7.63. The van der Waals surface area contributed by atoms with Gasteiger partial charge in [-0.05, 0) is 46.1 Å². The van der Waals surface area contributed by atoms with Crippen LogP contribution >= 0.6 is 0 Å². The van der Waals surface area contributed by atoms with E-state index in [4.69, 9.17) is 0 Å². The maximum atomic E-state index is 12.3. The Balaban J connectivity index is 2.54. The molecule has 7 heteroatoms. The van der Waals surface area contributed by atoms with Gasteiger partial charge in [0.2, 0.25) is 15.9 Å². The molecule has 124 valence electrons. The second-order valence-electron chi connectivity index (χ2n) is 5.58. The molecule has 0 heterocycles. The van der Waals surface area contributed by atoms with E-state index in [1.807, 2.05) is 25.9 Å². The first-order valence-electron chi connectivity index (χ1n) is 7.18. The maximum Gasteiger partial charge on any atom is 0.243 e. The van der Waals surface area contributed by atoms with Gasteiger partial charge in [0.1, 0.15) is 0 Å². The van der Waals surface area contributed by atoms with Crippen LogP contribution in [0.2, 0.25) is 0 Å². The number of amides is 1. The average molecular weight is 327 g/mol. The highest BCUT2D eigenvalue weighted by Gasteiger charge is 2.22. The minimum atomic E-state index is -3.63. The molecule has 0 unspecified atom stereocenters. The first-order chi connectivity index (χ1) is 10.2. The summed E-state index contributed by atoms with van der Waals surface area (Å²) in [5.41, 5.74) is 0.986. The van der Waals surface area contributed by atoms with Gasteiger partial charge in [-0.25, -0.2) is 8.42 Å². The number of likely N-dealkylation sites (N-methyl/N-ethyl adjacent to an activating group) is 1. The predicted molar refractivity (Wildman–Crippen MR) is 87.2 cm³/mol. The monoisotopic (exact) mass is 327 g/mol. The molecule has 1 N–H and O–H groups in total. The van der Waals surface area contributed by atoms with Gasteiger partial charge in [0.25, 0.3) is 0 Å². The van der Waals surface area contributed by atoms with Crippen molar-refractivity contribution in [3.63, 3.8) is 0 Å². The van der Waals surface area contributed by atoms with E-state index >= 15 is 0 Å². The Hall–Kier alpha value is -1.44. The molecule has 0 saturated carbocycles. The van der Waals surface area contributed by atoms with Gasteiger partial charge in [-0.2, -0.15) is 4.31 Å². The molecule has 22 heavy (non-hydrogen) atoms. The Kier molecular flexibility index (Phi) is 6.99. The van der Waals surface area contributed by atoms with E-state index in [2.05, 4.69) is 5.32 Å². The number of aryl methyl sites for hydroxylation is 1. The summed E-state index contributed by atoms with van der Waals surface area (Å²) in [5, 5.41) is 2.73. The number of nitrogens with one attached hydrogen (secondary N) is 1. The fourth-order valence-electron chi connectivity index (χ4n) is 1.86. The number of rotatable bonds is 8. The summed E-state index contributed by atoms with van der Waals surface area (Å²) in [7, 11) is 1.70. The van der Waals surface area contributed by atoms with Crippen LogP contribution in [0.3, 0.4) is 0 Å². The van der Waals surface area contributed by atoms with Gasteiger partial charge in [0, 0.05) is 13.6 Å². The van der Waals surface area contributed by atoms with Gasteiger partial charge in [-0.3, -0.25) is 4.79 Å². The van der Waals surface area contributed by atoms with Crippen LogP contribution in [0.1, 0.15) is 12.0 Å². The lowest BCUT2D eigenvalue weighted by molar-refractivity contribution is -0.121. The summed E-state index contributed by atoms with van der Waals surface area (Å²) in [6, 6.07) is 6.58. The van der Waals surface area contributed by atoms with Crippen LogP contribution in [0.5, 0.6) is 0 Å². The Morgan fingerprint density at radius 1 is 1.14 bits per heavy atom. The lowest BCUT2D eigenvalue weighted by atomic mass is 10.2. The summed E-state index contributed by atoms with van der Waals surface area (Å²) in [4.78, 5) is 14.0. The molecule has 0 spiro atoms. The fourth-order valence-corrected chi connectivity index (χ4v) is 2.98. The first-order valence-corrected chi connectivity index (χ1v) is 8.62. The molecule has 0 bridgehead atoms. The molecule has 0 radical (unpaired) electrons. The van der Waals surface area contributed by atoms with Gasteiger partial charge in [0.15, 0.2) is 0 Å². The van der Waals surface area contributed by atoms with Crippen molar-refractivity contribution >= 4 is 15.9 Å². The number of hydrogen-bond acceptors (Lipinski definition) is 4. The van der Waals surface area contributed by atoms with Crippen LogP contribution in [0, 0.1) is 6.92 Å². The number of sulfonamides is 1. The number of carbonyl (C=O) groups excluding carboxylic acids is 1. The van der Waals surface area contributed by atoms with Crippen LogP contribution in [0.15, 0.2) is 29.2 Å². The smallest absolute Gasteiger partial charge is 0.243 e. The predicted octanol–water partition coefficient (Wildman–Crippen LogP) is 0.683. The molecule has 0 aliphatic rings. The molecule has 0 atom stereocenters. The third kappa shape index (κ3) is 5.75. The number of benzene rings is 1. The third-order valence-electron chi connectivity index (χ3n) is 3.20. The van der Waals surface area contributed by atoms with E-state index < -0.39 is 10.0 Å². The van der Waals surface area contributed by atoms with Crippen molar-refractivity contribution in [3.05, 3.63) is 29.8 Å². The van der Waals surface area contributed by atoms with Gasteiger partial charge in [0.05, 0.1) is 11.4 Å². The molecule has 0 aliphatic carbocycles. The average Bonchev–Trinajstić information content (AvgIpc) is 2.43. The standard InChI is InChI=1S/C15H25N3O3S/c1-13-6-8-14(9-7-13)22(20,21)18(4)12-15(19)16-10-5-11-17(2)3/h6-9H,5,10-12H2,1-4H3,(H,16,19). The quantitative estimate of drug-likeness (QED) is 0.713. The van der Waals surface area contributed by atoms with E-state index in [1.165, 1.54) is 7.05 Å². The van der Waals surface area contributed by atoms with Crippen LogP contribution < -0.4 is 5.32 Å². The minimum absolute atomic E-state index is 0.182. The van der Waals surface area contributed by atoms with Crippen molar-refractivity contribution in [2.75, 3.05) is 40.8 Å². The molecule has 0 aliphatic heterocycles. The first kappa shape index (κ1) is 18.6. The fraction of sp³-hybridized carbons (Fsp3) is 0.533. The van der Waals surface area contributed by atoms with Crippen LogP contribution in [0.25, 0.3) is 0 Å². The second kappa shape index (κ2) is 8.26. The van der Waals surface area contributed by atoms with E-state index in [0.29, 0.717) is 6.54 Å². The summed E-state index contributed by atoms with van der Waals surface area (Å²) in [6.45, 7) is 3.12. The van der Waals surface area contributed by atoms with Gasteiger partial charge in [-0.1, -0.05) is 17.7 Å². The molecule has 0 fully saturated rings. The van der Waals surface area contributed by atoms with Gasteiger partial charge >= 0.3 is 0 Å². The zero-order valence-electron chi connectivity index (χ0n) is 13.7. The lowest BCUT2D eigenvalue weighted by Gasteiger charge is -2.17. The largest absolute Gasteiger partial charge is 0.355 e. The number of nitrogens with zero attached hydrogens (tertiary/aromatic N) is 2. The normalized spacial score (nSPS) is 11.9. The van der Waals surface area contributed by atoms with Crippen molar-refractivity contribution < 1.29 is 13.2 Å². The number of carbonyl (C=O) groups is 1. The molecular weight excluding hydrogens is 302 g/mol. The molecular formula is C15H25N3O3S. The Morgan fingerprint density at radius 3 is 2.27 bits per heavy atom. The Labute approximate surface area is 133 Å². The van der Waals surface area contributed by atoms with Crippen molar-refractivity contribution in [3.8, 4) is 0 Å². The Morgan fingerprint density at radius 2 is 1.73 bits per heavy atom. The maximum absolute atomic E-state index is 12.3. The highest BCUT2D eigenvalue weighted by molar-refractivity contribution is 7.89. The molecule has 1 aromatic rings. The molecule has 1 amide bonds. The SMILES string of the molecule is Cc1ccc(S(=O)(=O)N(C)CC(=O)NCCCN(C)C)cc1. The van der Waals surface area contributed by atoms with Gasteiger partial charge in [-0.15, -0.1) is 0 Å². The molecule has 0 aromatic heterocycles. The third-order valence-corrected chi connectivity index (χ3v) is 5.02. The topological polar surface area (TPSA) is 69.7 Å². The summed E-state index contributed by atoms with van der Waals surface area (Å²) >= 11 is 0. The van der Waals surface area contributed by atoms with Crippen molar-refractivity contribution in [1.82, 2.24) is 14.5 Å². The van der Waals surface area contributed by atoms with Crippen LogP contribution in [-0.4, -0.2) is 64.3 Å². The van der Waals surface area contributed by atoms with E-state index in [0.717, 1.165) is 22.8 Å². The zero-order valence-corrected chi connectivity index (χ0v) is 14.5. The minimum Gasteiger partial charge on any atom is -0.355 e. The van der Waals surface area contributed by atoms with Gasteiger partial charge < -0.3 is 10.2 Å². The molecule has 6 nitrogen and oxygen atoms in total. The molecule has 1 rings (SSSR count). The van der Waals surface area contributed by atoms with E-state index in [-0.39, 0.29) is 17.3 Å². The highest BCUT2D eigenvalue weighted by Crippen LogP contribution is 2.14.